The number of nitrogens with zero attached hydrogens (tertiary/aromatic N) is 1. The monoisotopic (exact) mass is 549 g/mol. The molecule has 1 heterocycles. The van der Waals surface area contributed by atoms with Crippen LogP contribution >= 0.6 is 0 Å². The first-order valence-electron chi connectivity index (χ1n) is 11.8. The van der Waals surface area contributed by atoms with Gasteiger partial charge >= 0.3 is 0 Å². The van der Waals surface area contributed by atoms with E-state index in [1.165, 1.54) is 38.7 Å². The number of benzene rings is 3. The Morgan fingerprint density at radius 3 is 2.33 bits per heavy atom. The molecule has 11 heteroatoms. The SMILES string of the molecule is COc1ccc(OC)c(N(CC(=O)Nc2ccccc2C(=O)NCc2ccco2)S(=O)(=O)c2ccccc2)c1. The Hall–Kier alpha value is -4.77. The fourth-order valence-electron chi connectivity index (χ4n) is 3.80. The molecule has 0 saturated carbocycles. The van der Waals surface area contributed by atoms with Gasteiger partial charge in [0.15, 0.2) is 0 Å². The molecule has 3 aromatic carbocycles. The molecule has 202 valence electrons. The van der Waals surface area contributed by atoms with Crippen LogP contribution in [0.25, 0.3) is 0 Å². The zero-order valence-corrected chi connectivity index (χ0v) is 22.1. The number of hydrogen-bond donors (Lipinski definition) is 2. The van der Waals surface area contributed by atoms with Crippen LogP contribution < -0.4 is 24.4 Å². The van der Waals surface area contributed by atoms with Gasteiger partial charge in [-0.1, -0.05) is 30.3 Å². The van der Waals surface area contributed by atoms with Gasteiger partial charge in [-0.2, -0.15) is 0 Å². The molecule has 2 N–H and O–H groups in total. The molecule has 0 bridgehead atoms. The first kappa shape index (κ1) is 27.3. The highest BCUT2D eigenvalue weighted by molar-refractivity contribution is 7.92. The predicted octanol–water partition coefficient (Wildman–Crippen LogP) is 4.06. The van der Waals surface area contributed by atoms with Crippen LogP contribution in [0.4, 0.5) is 11.4 Å². The highest BCUT2D eigenvalue weighted by Gasteiger charge is 2.30. The Morgan fingerprint density at radius 1 is 0.897 bits per heavy atom. The zero-order chi connectivity index (χ0) is 27.8. The largest absolute Gasteiger partial charge is 0.497 e. The van der Waals surface area contributed by atoms with Gasteiger partial charge in [-0.3, -0.25) is 13.9 Å². The average Bonchev–Trinajstić information content (AvgIpc) is 3.49. The number of para-hydroxylation sites is 1. The van der Waals surface area contributed by atoms with Crippen LogP contribution in [0.3, 0.4) is 0 Å². The smallest absolute Gasteiger partial charge is 0.264 e. The summed E-state index contributed by atoms with van der Waals surface area (Å²) in [6.07, 6.45) is 1.50. The fraction of sp³-hybridized carbons (Fsp3) is 0.143. The molecule has 0 saturated heterocycles. The minimum Gasteiger partial charge on any atom is -0.497 e. The van der Waals surface area contributed by atoms with Gasteiger partial charge in [0.05, 0.1) is 48.9 Å². The first-order chi connectivity index (χ1) is 18.8. The van der Waals surface area contributed by atoms with Gasteiger partial charge < -0.3 is 24.5 Å². The predicted molar refractivity (Wildman–Crippen MR) is 145 cm³/mol. The van der Waals surface area contributed by atoms with Gasteiger partial charge in [-0.25, -0.2) is 8.42 Å². The van der Waals surface area contributed by atoms with E-state index in [0.29, 0.717) is 11.5 Å². The molecule has 10 nitrogen and oxygen atoms in total. The van der Waals surface area contributed by atoms with E-state index in [1.54, 1.807) is 66.7 Å². The van der Waals surface area contributed by atoms with Gasteiger partial charge in [0, 0.05) is 6.07 Å². The Kier molecular flexibility index (Phi) is 8.52. The number of hydrogen-bond acceptors (Lipinski definition) is 7. The molecule has 39 heavy (non-hydrogen) atoms. The lowest BCUT2D eigenvalue weighted by molar-refractivity contribution is -0.114. The van der Waals surface area contributed by atoms with Crippen LogP contribution in [0, 0.1) is 0 Å². The second-order valence-electron chi connectivity index (χ2n) is 8.22. The Bertz CT molecular complexity index is 1540. The maximum atomic E-state index is 13.7. The summed E-state index contributed by atoms with van der Waals surface area (Å²) in [6.45, 7) is -0.448. The maximum Gasteiger partial charge on any atom is 0.264 e. The van der Waals surface area contributed by atoms with Gasteiger partial charge in [0.1, 0.15) is 23.8 Å². The molecule has 4 aromatic rings. The number of carbonyl (C=O) groups is 2. The van der Waals surface area contributed by atoms with E-state index in [1.807, 2.05) is 0 Å². The quantitative estimate of drug-likeness (QED) is 0.289. The topological polar surface area (TPSA) is 127 Å². The number of nitrogens with one attached hydrogen (secondary N) is 2. The Balaban J connectivity index is 1.63. The number of furan rings is 1. The molecule has 0 fully saturated rings. The summed E-state index contributed by atoms with van der Waals surface area (Å²) < 4.78 is 44.4. The van der Waals surface area contributed by atoms with E-state index < -0.39 is 28.4 Å². The third-order valence-electron chi connectivity index (χ3n) is 5.72. The van der Waals surface area contributed by atoms with Crippen molar-refractivity contribution in [2.75, 3.05) is 30.4 Å². The highest BCUT2D eigenvalue weighted by atomic mass is 32.2. The van der Waals surface area contributed by atoms with E-state index in [0.717, 1.165) is 4.31 Å². The molecule has 0 atom stereocenters. The zero-order valence-electron chi connectivity index (χ0n) is 21.3. The molecule has 0 aliphatic rings. The number of sulfonamides is 1. The van der Waals surface area contributed by atoms with Crippen molar-refractivity contribution in [2.45, 2.75) is 11.4 Å². The number of anilines is 2. The number of ether oxygens (including phenoxy) is 2. The molecule has 1 aromatic heterocycles. The lowest BCUT2D eigenvalue weighted by Crippen LogP contribution is -2.38. The summed E-state index contributed by atoms with van der Waals surface area (Å²) in [4.78, 5) is 26.1. The lowest BCUT2D eigenvalue weighted by Gasteiger charge is -2.26. The second-order valence-corrected chi connectivity index (χ2v) is 10.1. The molecular weight excluding hydrogens is 522 g/mol. The van der Waals surface area contributed by atoms with Gasteiger partial charge in [-0.15, -0.1) is 0 Å². The van der Waals surface area contributed by atoms with Gasteiger partial charge in [-0.05, 0) is 48.5 Å². The number of rotatable bonds is 11. The van der Waals surface area contributed by atoms with Crippen molar-refractivity contribution in [3.8, 4) is 11.5 Å². The number of amides is 2. The number of carbonyl (C=O) groups excluding carboxylic acids is 2. The molecule has 0 radical (unpaired) electrons. The Labute approximate surface area is 226 Å². The van der Waals surface area contributed by atoms with Gasteiger partial charge in [0.2, 0.25) is 5.91 Å². The van der Waals surface area contributed by atoms with E-state index in [4.69, 9.17) is 13.9 Å². The normalized spacial score (nSPS) is 10.9. The van der Waals surface area contributed by atoms with Crippen molar-refractivity contribution >= 4 is 33.2 Å². The van der Waals surface area contributed by atoms with Crippen LogP contribution in [0.1, 0.15) is 16.1 Å². The number of methoxy groups -OCH3 is 2. The third kappa shape index (κ3) is 6.39. The van der Waals surface area contributed by atoms with E-state index >= 15 is 0 Å². The van der Waals surface area contributed by atoms with Crippen LogP contribution in [-0.2, 0) is 21.4 Å². The van der Waals surface area contributed by atoms with E-state index in [-0.39, 0.29) is 34.1 Å². The van der Waals surface area contributed by atoms with Gasteiger partial charge in [0.25, 0.3) is 15.9 Å². The molecular formula is C28H27N3O7S. The minimum absolute atomic E-state index is 0.0135. The first-order valence-corrected chi connectivity index (χ1v) is 13.3. The van der Waals surface area contributed by atoms with Crippen molar-refractivity contribution in [1.82, 2.24) is 5.32 Å². The standard InChI is InChI=1S/C28H27N3O7S/c1-36-20-14-15-26(37-2)25(17-20)31(39(34,35)22-10-4-3-5-11-22)19-27(32)30-24-13-7-6-12-23(24)28(33)29-18-21-9-8-16-38-21/h3-17H,18-19H2,1-2H3,(H,29,33)(H,30,32). The molecule has 0 spiro atoms. The van der Waals surface area contributed by atoms with Crippen LogP contribution in [0.5, 0.6) is 11.5 Å². The van der Waals surface area contributed by atoms with Crippen LogP contribution in [-0.4, -0.2) is 41.0 Å². The molecule has 2 amide bonds. The molecule has 0 aliphatic carbocycles. The molecule has 4 rings (SSSR count). The summed E-state index contributed by atoms with van der Waals surface area (Å²) in [5.74, 6) is 0.0499. The minimum atomic E-state index is -4.21. The van der Waals surface area contributed by atoms with Crippen molar-refractivity contribution < 1.29 is 31.9 Å². The van der Waals surface area contributed by atoms with Crippen LogP contribution in [0.15, 0.2) is 101 Å². The summed E-state index contributed by atoms with van der Waals surface area (Å²) in [5, 5.41) is 5.41. The second kappa shape index (κ2) is 12.2. The molecule has 0 aliphatic heterocycles. The van der Waals surface area contributed by atoms with E-state index in [9.17, 15) is 18.0 Å². The maximum absolute atomic E-state index is 13.7. The summed E-state index contributed by atoms with van der Waals surface area (Å²) in [5.41, 5.74) is 0.531. The average molecular weight is 550 g/mol. The van der Waals surface area contributed by atoms with Crippen molar-refractivity contribution in [3.05, 3.63) is 103 Å². The highest BCUT2D eigenvalue weighted by Crippen LogP contribution is 2.35. The summed E-state index contributed by atoms with van der Waals surface area (Å²) in [7, 11) is -1.37. The molecule has 0 unspecified atom stereocenters. The summed E-state index contributed by atoms with van der Waals surface area (Å²) in [6, 6.07) is 22.2. The summed E-state index contributed by atoms with van der Waals surface area (Å²) >= 11 is 0. The van der Waals surface area contributed by atoms with Crippen molar-refractivity contribution in [2.24, 2.45) is 0 Å². The van der Waals surface area contributed by atoms with Crippen molar-refractivity contribution in [1.29, 1.82) is 0 Å². The third-order valence-corrected chi connectivity index (χ3v) is 7.50. The van der Waals surface area contributed by atoms with E-state index in [2.05, 4.69) is 10.6 Å². The van der Waals surface area contributed by atoms with Crippen molar-refractivity contribution in [3.63, 3.8) is 0 Å². The fourth-order valence-corrected chi connectivity index (χ4v) is 5.24. The Morgan fingerprint density at radius 2 is 1.64 bits per heavy atom. The lowest BCUT2D eigenvalue weighted by atomic mass is 10.1. The van der Waals surface area contributed by atoms with Crippen LogP contribution in [0.2, 0.25) is 0 Å².